The zero-order valence-corrected chi connectivity index (χ0v) is 3.53. The zero-order chi connectivity index (χ0) is 4.43. The van der Waals surface area contributed by atoms with Crippen LogP contribution in [0.5, 0.6) is 0 Å². The summed E-state index contributed by atoms with van der Waals surface area (Å²) in [5.74, 6) is 0. The Morgan fingerprint density at radius 3 is 1.29 bits per heavy atom. The van der Waals surface area contributed by atoms with Crippen LogP contribution < -0.4 is 0 Å². The minimum Gasteiger partial charge on any atom is -0.453 e. The van der Waals surface area contributed by atoms with E-state index in [1.54, 1.807) is 0 Å². The second-order valence-corrected chi connectivity index (χ2v) is 2.09. The molecule has 3 nitrogen and oxygen atoms in total. The minimum absolute atomic E-state index is 0.115. The molecule has 0 N–H and O–H groups in total. The highest BCUT2D eigenvalue weighted by Gasteiger charge is 2.78. The van der Waals surface area contributed by atoms with Gasteiger partial charge in [0, 0.05) is 0 Å². The fourth-order valence-corrected chi connectivity index (χ4v) is 1.15. The summed E-state index contributed by atoms with van der Waals surface area (Å²) in [5.41, 5.74) is 0.611. The third-order valence-corrected chi connectivity index (χ3v) is 1.75. The largest absolute Gasteiger partial charge is 0.453 e. The van der Waals surface area contributed by atoms with Gasteiger partial charge in [-0.25, -0.2) is 0 Å². The van der Waals surface area contributed by atoms with Gasteiger partial charge in [0.2, 0.25) is 0 Å². The molecule has 32 valence electrons. The Morgan fingerprint density at radius 2 is 1.29 bits per heavy atom. The average Bonchev–Trinajstić information content (AvgIpc) is 1.66. The van der Waals surface area contributed by atoms with Crippen molar-refractivity contribution in [1.29, 1.82) is 0 Å². The van der Waals surface area contributed by atoms with Crippen molar-refractivity contribution in [3.05, 3.63) is 0 Å². The molecule has 0 bridgehead atoms. The molecule has 3 saturated heterocycles. The van der Waals surface area contributed by atoms with Crippen molar-refractivity contribution in [2.75, 3.05) is 0 Å². The van der Waals surface area contributed by atoms with Crippen LogP contribution >= 0.6 is 0 Å². The lowest BCUT2D eigenvalue weighted by atomic mass is 9.17. The van der Waals surface area contributed by atoms with E-state index in [9.17, 15) is 0 Å². The van der Waals surface area contributed by atoms with Gasteiger partial charge < -0.3 is 13.7 Å². The Hall–Kier alpha value is 0.0748. The van der Waals surface area contributed by atoms with Crippen LogP contribution in [0.25, 0.3) is 0 Å². The van der Waals surface area contributed by atoms with Gasteiger partial charge in [-0.05, 0) is 0 Å². The quantitative estimate of drug-likeness (QED) is 0.359. The summed E-state index contributed by atoms with van der Waals surface area (Å²) >= 11 is 0. The van der Waals surface area contributed by atoms with E-state index in [1.807, 2.05) is 0 Å². The maximum atomic E-state index is 4.96. The first-order chi connectivity index (χ1) is 3.45. The average molecular weight is 93.5 g/mol. The van der Waals surface area contributed by atoms with E-state index in [-0.39, 0.29) is 21.4 Å². The van der Waals surface area contributed by atoms with Crippen LogP contribution in [0.3, 0.4) is 0 Å². The van der Waals surface area contributed by atoms with Gasteiger partial charge >= 0.3 is 21.4 Å². The van der Waals surface area contributed by atoms with Crippen molar-refractivity contribution in [2.24, 2.45) is 0 Å². The molecule has 7 heavy (non-hydrogen) atoms. The van der Waals surface area contributed by atoms with Gasteiger partial charge in [-0.3, -0.25) is 0 Å². The van der Waals surface area contributed by atoms with Crippen LogP contribution in [0.1, 0.15) is 0 Å². The molecule has 0 amide bonds. The van der Waals surface area contributed by atoms with Gasteiger partial charge in [0.15, 0.2) is 0 Å². The highest BCUT2D eigenvalue weighted by atomic mass is 16.8. The van der Waals surface area contributed by atoms with Gasteiger partial charge in [-0.2, -0.15) is 0 Å². The summed E-state index contributed by atoms with van der Waals surface area (Å²) in [6.07, 6.45) is 0. The Kier molecular flexibility index (Phi) is 0.312. The summed E-state index contributed by atoms with van der Waals surface area (Å²) in [7, 11) is 0.344. The summed E-state index contributed by atoms with van der Waals surface area (Å²) in [5, 5.41) is 0. The lowest BCUT2D eigenvalue weighted by Gasteiger charge is -2.58. The second-order valence-electron chi connectivity index (χ2n) is 2.09. The van der Waals surface area contributed by atoms with Gasteiger partial charge in [0.25, 0.3) is 0 Å². The molecule has 6 heteroatoms. The van der Waals surface area contributed by atoms with Crippen LogP contribution in [0.2, 0.25) is 5.62 Å². The van der Waals surface area contributed by atoms with E-state index >= 15 is 0 Å². The molecule has 3 aliphatic heterocycles. The van der Waals surface area contributed by atoms with E-state index < -0.39 is 0 Å². The molecule has 0 unspecified atom stereocenters. The lowest BCUT2D eigenvalue weighted by Crippen LogP contribution is -2.82. The third-order valence-electron chi connectivity index (χ3n) is 1.75. The maximum absolute atomic E-state index is 4.96. The Labute approximate surface area is 41.7 Å². The van der Waals surface area contributed by atoms with Crippen molar-refractivity contribution in [3.8, 4) is 0 Å². The molecule has 0 aromatic rings. The first-order valence-corrected chi connectivity index (χ1v) is 2.41. The Bertz CT molecular complexity index is 97.6. The third kappa shape index (κ3) is 0.174. The molecule has 0 aliphatic carbocycles. The van der Waals surface area contributed by atoms with Crippen LogP contribution in [-0.2, 0) is 13.7 Å². The molecule has 0 radical (unpaired) electrons. The van der Waals surface area contributed by atoms with Crippen LogP contribution in [0, 0.1) is 0 Å². The number of rotatable bonds is 0. The van der Waals surface area contributed by atoms with Gasteiger partial charge in [-0.1, -0.05) is 0 Å². The van der Waals surface area contributed by atoms with E-state index in [2.05, 4.69) is 0 Å². The maximum Gasteiger partial charge on any atom is 0.428 e. The molecule has 0 spiro atoms. The van der Waals surface area contributed by atoms with Crippen LogP contribution in [-0.4, -0.2) is 21.4 Å². The van der Waals surface area contributed by atoms with Crippen molar-refractivity contribution in [1.82, 2.24) is 0 Å². The topological polar surface area (TPSA) is 27.7 Å². The van der Waals surface area contributed by atoms with Gasteiger partial charge in [0.05, 0.1) is 5.62 Å². The highest BCUT2D eigenvalue weighted by molar-refractivity contribution is 7.10. The molecule has 0 atom stereocenters. The molecule has 3 aliphatic rings. The molecule has 0 saturated carbocycles. The Balaban J connectivity index is 2.00. The standard InChI is InChI=1S/CHB3O3/c5-2-1-3(5)7-4(1)6-2/h1H. The van der Waals surface area contributed by atoms with Crippen LogP contribution in [0.4, 0.5) is 0 Å². The van der Waals surface area contributed by atoms with E-state index in [1.165, 1.54) is 0 Å². The monoisotopic (exact) mass is 94.0 g/mol. The van der Waals surface area contributed by atoms with Crippen molar-refractivity contribution < 1.29 is 13.7 Å². The molecule has 3 fully saturated rings. The summed E-state index contributed by atoms with van der Waals surface area (Å²) in [4.78, 5) is 0. The van der Waals surface area contributed by atoms with E-state index in [0.717, 1.165) is 0 Å². The van der Waals surface area contributed by atoms with Crippen LogP contribution in [0.15, 0.2) is 0 Å². The molecular weight excluding hydrogens is 92.4 g/mol. The molecule has 0 aromatic heterocycles. The second kappa shape index (κ2) is 0.688. The van der Waals surface area contributed by atoms with E-state index in [4.69, 9.17) is 13.7 Å². The minimum atomic E-state index is 0.115. The van der Waals surface area contributed by atoms with Gasteiger partial charge in [0.1, 0.15) is 0 Å². The van der Waals surface area contributed by atoms with Crippen molar-refractivity contribution in [2.45, 2.75) is 5.62 Å². The summed E-state index contributed by atoms with van der Waals surface area (Å²) in [6, 6.07) is 0. The molecular formula is CHB3O3. The summed E-state index contributed by atoms with van der Waals surface area (Å²) < 4.78 is 14.9. The van der Waals surface area contributed by atoms with Gasteiger partial charge in [-0.15, -0.1) is 0 Å². The first-order valence-electron chi connectivity index (χ1n) is 2.41. The van der Waals surface area contributed by atoms with E-state index in [0.29, 0.717) is 5.62 Å². The SMILES string of the molecule is O1B2OB3OB1C23. The lowest BCUT2D eigenvalue weighted by molar-refractivity contribution is 0.176. The highest BCUT2D eigenvalue weighted by Crippen LogP contribution is 2.50. The fraction of sp³-hybridized carbons (Fsp3) is 1.00. The Morgan fingerprint density at radius 1 is 0.857 bits per heavy atom. The fourth-order valence-electron chi connectivity index (χ4n) is 1.15. The van der Waals surface area contributed by atoms with Crippen molar-refractivity contribution in [3.63, 3.8) is 0 Å². The molecule has 3 rings (SSSR count). The number of hydrogen-bond donors (Lipinski definition) is 0. The van der Waals surface area contributed by atoms with Crippen molar-refractivity contribution >= 4 is 21.4 Å². The normalized spacial score (nSPS) is 33.4. The predicted molar refractivity (Wildman–Crippen MR) is 24.3 cm³/mol. The zero-order valence-electron chi connectivity index (χ0n) is 3.53. The predicted octanol–water partition coefficient (Wildman–Crippen LogP) is -1.01. The smallest absolute Gasteiger partial charge is 0.428 e. The molecule has 0 aromatic carbocycles. The first kappa shape index (κ1) is 3.17. The molecule has 3 heterocycles. The summed E-state index contributed by atoms with van der Waals surface area (Å²) in [6.45, 7) is 0. The number of hydrogen-bond acceptors (Lipinski definition) is 3.